The van der Waals surface area contributed by atoms with Crippen molar-refractivity contribution < 1.29 is 9.59 Å². The average molecular weight is 665 g/mol. The van der Waals surface area contributed by atoms with Gasteiger partial charge in [0.2, 0.25) is 0 Å². The minimum atomic E-state index is 0.0414. The molecule has 0 unspecified atom stereocenters. The Hall–Kier alpha value is -0.840. The molecule has 0 saturated heterocycles. The van der Waals surface area contributed by atoms with Crippen LogP contribution in [0, 0.1) is 0 Å². The summed E-state index contributed by atoms with van der Waals surface area (Å²) in [6.45, 7) is 9.29. The molecule has 4 nitrogen and oxygen atoms in total. The summed E-state index contributed by atoms with van der Waals surface area (Å²) in [5.74, 6) is 1.01. The lowest BCUT2D eigenvalue weighted by molar-refractivity contribution is -0.113. The number of rotatable bonds is 34. The summed E-state index contributed by atoms with van der Waals surface area (Å²) >= 11 is 3.78. The van der Waals surface area contributed by atoms with Gasteiger partial charge in [0.25, 0.3) is 0 Å². The molecule has 0 bridgehead atoms. The van der Waals surface area contributed by atoms with E-state index in [-0.39, 0.29) is 10.9 Å². The van der Waals surface area contributed by atoms with Crippen molar-refractivity contribution in [1.29, 1.82) is 0 Å². The van der Waals surface area contributed by atoms with Crippen molar-refractivity contribution in [1.82, 2.24) is 4.90 Å². The second-order valence-electron chi connectivity index (χ2n) is 14.0. The van der Waals surface area contributed by atoms with Gasteiger partial charge in [-0.25, -0.2) is 0 Å². The number of unbranched alkanes of at least 4 members (excludes halogenated alkanes) is 28. The molecule has 0 aliphatic carbocycles. The fourth-order valence-electron chi connectivity index (χ4n) is 6.47. The molecular formula is C41H80N2O2S. The Morgan fingerprint density at radius 3 is 1.11 bits per heavy atom. The summed E-state index contributed by atoms with van der Waals surface area (Å²) in [5, 5.41) is 0.0414. The number of amidine groups is 1. The van der Waals surface area contributed by atoms with Crippen LogP contribution in [-0.4, -0.2) is 41.3 Å². The predicted molar refractivity (Wildman–Crippen MR) is 208 cm³/mol. The van der Waals surface area contributed by atoms with Crippen molar-refractivity contribution in [3.05, 3.63) is 0 Å². The third-order valence-corrected chi connectivity index (χ3v) is 9.79. The largest absolute Gasteiger partial charge is 0.352 e. The zero-order valence-corrected chi connectivity index (χ0v) is 32.3. The molecule has 0 aromatic carbocycles. The fourth-order valence-corrected chi connectivity index (χ4v) is 6.63. The van der Waals surface area contributed by atoms with Crippen molar-refractivity contribution in [2.75, 3.05) is 19.6 Å². The normalized spacial score (nSPS) is 12.7. The first-order valence-corrected chi connectivity index (χ1v) is 21.1. The number of nitrogens with zero attached hydrogens (tertiary/aromatic N) is 2. The summed E-state index contributed by atoms with van der Waals surface area (Å²) in [4.78, 5) is 29.3. The van der Waals surface area contributed by atoms with E-state index in [2.05, 4.69) is 43.3 Å². The van der Waals surface area contributed by atoms with Crippen LogP contribution in [0.4, 0.5) is 0 Å². The number of aliphatic imine (C=N–C) groups is 1. The second kappa shape index (κ2) is 37.0. The van der Waals surface area contributed by atoms with E-state index in [4.69, 9.17) is 0 Å². The van der Waals surface area contributed by atoms with Crippen LogP contribution in [0.1, 0.15) is 226 Å². The number of carbonyl (C=O) groups is 2. The van der Waals surface area contributed by atoms with Crippen LogP contribution in [0.25, 0.3) is 0 Å². The van der Waals surface area contributed by atoms with Crippen molar-refractivity contribution in [2.24, 2.45) is 4.99 Å². The molecule has 272 valence electrons. The molecule has 0 aromatic rings. The number of hydrogen-bond donors (Lipinski definition) is 1. The molecule has 0 aromatic heterocycles. The van der Waals surface area contributed by atoms with Gasteiger partial charge in [-0.15, -0.1) is 12.6 Å². The maximum absolute atomic E-state index is 12.2. The maximum atomic E-state index is 12.2. The highest BCUT2D eigenvalue weighted by Crippen LogP contribution is 2.16. The molecule has 0 radical (unpaired) electrons. The van der Waals surface area contributed by atoms with Crippen molar-refractivity contribution in [3.63, 3.8) is 0 Å². The van der Waals surface area contributed by atoms with E-state index in [0.717, 1.165) is 38.3 Å². The molecular weight excluding hydrogens is 585 g/mol. The summed E-state index contributed by atoms with van der Waals surface area (Å²) in [6, 6.07) is 0. The van der Waals surface area contributed by atoms with Gasteiger partial charge in [0.15, 0.2) is 16.7 Å². The highest BCUT2D eigenvalue weighted by atomic mass is 32.1. The van der Waals surface area contributed by atoms with Crippen LogP contribution < -0.4 is 0 Å². The first-order chi connectivity index (χ1) is 22.6. The molecule has 1 rings (SSSR count). The third-order valence-electron chi connectivity index (χ3n) is 9.56. The Morgan fingerprint density at radius 1 is 0.500 bits per heavy atom. The van der Waals surface area contributed by atoms with Gasteiger partial charge in [-0.05, 0) is 19.8 Å². The molecule has 0 spiro atoms. The molecule has 1 aliphatic rings. The molecule has 1 heterocycles. The monoisotopic (exact) mass is 665 g/mol. The van der Waals surface area contributed by atoms with Crippen LogP contribution in [0.3, 0.4) is 0 Å². The number of hydrogen-bond acceptors (Lipinski definition) is 4. The predicted octanol–water partition coefficient (Wildman–Crippen LogP) is 13.3. The SMILES string of the molecule is CCCCCCCCCCCCCCCCCC(=O)C1=NCCN1CC.CCCCCCCCCCCCCCCCCC(=O)S. The highest BCUT2D eigenvalue weighted by Gasteiger charge is 2.21. The highest BCUT2D eigenvalue weighted by molar-refractivity contribution is 7.96. The molecule has 0 saturated carbocycles. The number of ketones is 1. The van der Waals surface area contributed by atoms with Gasteiger partial charge in [-0.3, -0.25) is 14.6 Å². The fraction of sp³-hybridized carbons (Fsp3) is 0.927. The molecule has 0 fully saturated rings. The van der Waals surface area contributed by atoms with Gasteiger partial charge in [-0.2, -0.15) is 0 Å². The van der Waals surface area contributed by atoms with Gasteiger partial charge in [0, 0.05) is 25.9 Å². The average Bonchev–Trinajstić information content (AvgIpc) is 3.54. The van der Waals surface area contributed by atoms with Gasteiger partial charge in [0.1, 0.15) is 0 Å². The standard InChI is InChI=1S/C23H44N2O.C18H36OS/c1-3-5-6-7-8-9-10-11-12-13-14-15-16-17-18-19-22(26)23-24-20-21-25(23)4-2;1-2-3-4-5-6-7-8-9-10-11-12-13-14-15-16-17-18(19)20/h3-21H2,1-2H3;2-17H2,1H3,(H,19,20). The van der Waals surface area contributed by atoms with Gasteiger partial charge in [0.05, 0.1) is 6.54 Å². The third kappa shape index (κ3) is 31.7. The summed E-state index contributed by atoms with van der Waals surface area (Å²) < 4.78 is 0. The summed E-state index contributed by atoms with van der Waals surface area (Å²) in [6.07, 6.45) is 42.3. The lowest BCUT2D eigenvalue weighted by atomic mass is 10.0. The number of thiol groups is 1. The minimum Gasteiger partial charge on any atom is -0.352 e. The lowest BCUT2D eigenvalue weighted by Crippen LogP contribution is -2.33. The number of Topliss-reactive ketones (excluding diaryl/α,β-unsaturated/α-hetero) is 1. The van der Waals surface area contributed by atoms with Crippen LogP contribution in [-0.2, 0) is 9.59 Å². The molecule has 0 N–H and O–H groups in total. The Kier molecular flexibility index (Phi) is 36.3. The van der Waals surface area contributed by atoms with Crippen LogP contribution in [0.2, 0.25) is 0 Å². The van der Waals surface area contributed by atoms with E-state index >= 15 is 0 Å². The van der Waals surface area contributed by atoms with Crippen molar-refractivity contribution >= 4 is 29.4 Å². The van der Waals surface area contributed by atoms with Crippen molar-refractivity contribution in [2.45, 2.75) is 226 Å². The quantitative estimate of drug-likeness (QED) is 0.0550. The second-order valence-corrected chi connectivity index (χ2v) is 14.5. The van der Waals surface area contributed by atoms with Crippen LogP contribution in [0.15, 0.2) is 4.99 Å². The topological polar surface area (TPSA) is 49.7 Å². The number of carbonyl (C=O) groups excluding carboxylic acids is 2. The van der Waals surface area contributed by atoms with E-state index < -0.39 is 0 Å². The van der Waals surface area contributed by atoms with Crippen molar-refractivity contribution in [3.8, 4) is 0 Å². The van der Waals surface area contributed by atoms with Crippen LogP contribution in [0.5, 0.6) is 0 Å². The molecule has 0 amide bonds. The minimum absolute atomic E-state index is 0.0414. The zero-order chi connectivity index (χ0) is 33.8. The van der Waals surface area contributed by atoms with Gasteiger partial charge in [-0.1, -0.05) is 194 Å². The molecule has 0 atom stereocenters. The number of likely N-dealkylation sites (N-methyl/N-ethyl adjacent to an activating group) is 1. The first-order valence-electron chi connectivity index (χ1n) is 20.6. The van der Waals surface area contributed by atoms with Crippen LogP contribution >= 0.6 is 12.6 Å². The van der Waals surface area contributed by atoms with E-state index in [1.807, 2.05) is 0 Å². The van der Waals surface area contributed by atoms with Gasteiger partial charge >= 0.3 is 0 Å². The smallest absolute Gasteiger partial charge is 0.197 e. The maximum Gasteiger partial charge on any atom is 0.197 e. The zero-order valence-electron chi connectivity index (χ0n) is 31.4. The van der Waals surface area contributed by atoms with E-state index in [0.29, 0.717) is 12.8 Å². The van der Waals surface area contributed by atoms with E-state index in [1.54, 1.807) is 0 Å². The molecule has 46 heavy (non-hydrogen) atoms. The first kappa shape index (κ1) is 45.2. The summed E-state index contributed by atoms with van der Waals surface area (Å²) in [5.41, 5.74) is 0. The van der Waals surface area contributed by atoms with E-state index in [9.17, 15) is 9.59 Å². The Morgan fingerprint density at radius 2 is 0.804 bits per heavy atom. The lowest BCUT2D eigenvalue weighted by Gasteiger charge is -2.16. The van der Waals surface area contributed by atoms with E-state index in [1.165, 1.54) is 180 Å². The molecule has 1 aliphatic heterocycles. The summed E-state index contributed by atoms with van der Waals surface area (Å²) in [7, 11) is 0. The Bertz CT molecular complexity index is 696. The van der Waals surface area contributed by atoms with Gasteiger partial charge < -0.3 is 4.90 Å². The Balaban J connectivity index is 0.000000914. The molecule has 5 heteroatoms. The Labute approximate surface area is 293 Å².